The molecule has 0 fully saturated rings. The topological polar surface area (TPSA) is 83.5 Å². The lowest BCUT2D eigenvalue weighted by Crippen LogP contribution is -2.33. The summed E-state index contributed by atoms with van der Waals surface area (Å²) in [5.74, 6) is -0.622. The van der Waals surface area contributed by atoms with Crippen molar-refractivity contribution in [3.63, 3.8) is 0 Å². The maximum absolute atomic E-state index is 12.6. The van der Waals surface area contributed by atoms with Gasteiger partial charge in [-0.25, -0.2) is 8.42 Å². The van der Waals surface area contributed by atoms with Crippen molar-refractivity contribution in [1.29, 1.82) is 0 Å². The van der Waals surface area contributed by atoms with E-state index < -0.39 is 15.9 Å². The number of carbonyl (C=O) groups is 2. The van der Waals surface area contributed by atoms with E-state index in [0.29, 0.717) is 11.3 Å². The molecule has 0 atom stereocenters. The van der Waals surface area contributed by atoms with Gasteiger partial charge < -0.3 is 5.32 Å². The number of rotatable bonds is 6. The van der Waals surface area contributed by atoms with Gasteiger partial charge in [-0.1, -0.05) is 11.6 Å². The fraction of sp³-hybridized carbons (Fsp3) is 0.263. The van der Waals surface area contributed by atoms with Crippen LogP contribution in [0.3, 0.4) is 0 Å². The number of amides is 1. The number of Topliss-reactive ketones (excluding diaryl/α,β-unsaturated/α-hetero) is 1. The summed E-state index contributed by atoms with van der Waals surface area (Å²) in [5.41, 5.74) is 1.04. The second-order valence-electron chi connectivity index (χ2n) is 6.34. The third kappa shape index (κ3) is 4.74. The molecule has 0 aliphatic heterocycles. The summed E-state index contributed by atoms with van der Waals surface area (Å²) in [5, 5.41) is 2.79. The molecule has 0 heterocycles. The number of nitrogens with one attached hydrogen (secondary N) is 1. The Labute approximate surface area is 164 Å². The van der Waals surface area contributed by atoms with Crippen LogP contribution in [0.15, 0.2) is 47.4 Å². The summed E-state index contributed by atoms with van der Waals surface area (Å²) in [6.07, 6.45) is 0. The molecule has 2 aromatic carbocycles. The number of carbonyl (C=O) groups excluding carboxylic acids is 2. The van der Waals surface area contributed by atoms with Crippen LogP contribution in [-0.4, -0.2) is 37.5 Å². The summed E-state index contributed by atoms with van der Waals surface area (Å²) in [4.78, 5) is 23.9. The lowest BCUT2D eigenvalue weighted by molar-refractivity contribution is 0.101. The van der Waals surface area contributed by atoms with Gasteiger partial charge in [0.2, 0.25) is 10.0 Å². The Hall–Kier alpha value is -2.22. The zero-order valence-corrected chi connectivity index (χ0v) is 17.1. The Kier molecular flexibility index (Phi) is 6.41. The second-order valence-corrected chi connectivity index (χ2v) is 8.75. The molecule has 27 heavy (non-hydrogen) atoms. The quantitative estimate of drug-likeness (QED) is 0.736. The predicted molar refractivity (Wildman–Crippen MR) is 106 cm³/mol. The van der Waals surface area contributed by atoms with Gasteiger partial charge in [-0.2, -0.15) is 4.31 Å². The van der Waals surface area contributed by atoms with Crippen molar-refractivity contribution in [2.75, 3.05) is 12.4 Å². The molecular formula is C19H21ClN2O4S. The van der Waals surface area contributed by atoms with E-state index in [1.165, 1.54) is 36.5 Å². The molecule has 1 amide bonds. The zero-order chi connectivity index (χ0) is 20.4. The highest BCUT2D eigenvalue weighted by atomic mass is 35.5. The first kappa shape index (κ1) is 21.1. The summed E-state index contributed by atoms with van der Waals surface area (Å²) < 4.78 is 26.5. The van der Waals surface area contributed by atoms with Gasteiger partial charge in [-0.3, -0.25) is 9.59 Å². The third-order valence-electron chi connectivity index (χ3n) is 4.14. The molecule has 0 spiro atoms. The number of ketones is 1. The van der Waals surface area contributed by atoms with Gasteiger partial charge in [-0.15, -0.1) is 0 Å². The molecule has 2 aromatic rings. The highest BCUT2D eigenvalue weighted by molar-refractivity contribution is 7.89. The molecule has 0 unspecified atom stereocenters. The maximum Gasteiger partial charge on any atom is 0.257 e. The third-order valence-corrected chi connectivity index (χ3v) is 6.50. The zero-order valence-electron chi connectivity index (χ0n) is 15.5. The summed E-state index contributed by atoms with van der Waals surface area (Å²) in [6, 6.07) is 10.2. The highest BCUT2D eigenvalue weighted by Crippen LogP contribution is 2.24. The van der Waals surface area contributed by atoms with E-state index >= 15 is 0 Å². The molecule has 0 saturated carbocycles. The van der Waals surface area contributed by atoms with Crippen molar-refractivity contribution in [2.45, 2.75) is 31.7 Å². The minimum absolute atomic E-state index is 0.0137. The molecule has 8 heteroatoms. The Balaban J connectivity index is 2.32. The Morgan fingerprint density at radius 1 is 1.07 bits per heavy atom. The van der Waals surface area contributed by atoms with Crippen molar-refractivity contribution >= 4 is 39.0 Å². The van der Waals surface area contributed by atoms with E-state index in [1.807, 2.05) is 0 Å². The molecular weight excluding hydrogens is 388 g/mol. The number of sulfonamides is 1. The predicted octanol–water partition coefficient (Wildman–Crippen LogP) is 3.82. The van der Waals surface area contributed by atoms with Crippen LogP contribution in [0.5, 0.6) is 0 Å². The molecule has 6 nitrogen and oxygen atoms in total. The minimum Gasteiger partial charge on any atom is -0.322 e. The molecule has 0 bridgehead atoms. The Morgan fingerprint density at radius 2 is 1.67 bits per heavy atom. The minimum atomic E-state index is -3.74. The van der Waals surface area contributed by atoms with E-state index in [4.69, 9.17) is 11.6 Å². The van der Waals surface area contributed by atoms with Gasteiger partial charge in [-0.05, 0) is 63.2 Å². The lowest BCUT2D eigenvalue weighted by atomic mass is 10.1. The molecule has 0 radical (unpaired) electrons. The normalized spacial score (nSPS) is 11.7. The Morgan fingerprint density at radius 3 is 2.19 bits per heavy atom. The van der Waals surface area contributed by atoms with E-state index in [-0.39, 0.29) is 27.3 Å². The van der Waals surface area contributed by atoms with Gasteiger partial charge in [0.15, 0.2) is 5.78 Å². The molecule has 0 aromatic heterocycles. The van der Waals surface area contributed by atoms with Crippen molar-refractivity contribution in [3.8, 4) is 0 Å². The van der Waals surface area contributed by atoms with Gasteiger partial charge in [0.05, 0.1) is 15.5 Å². The monoisotopic (exact) mass is 408 g/mol. The summed E-state index contributed by atoms with van der Waals surface area (Å²) in [6.45, 7) is 4.96. The van der Waals surface area contributed by atoms with Gasteiger partial charge in [0.25, 0.3) is 5.91 Å². The molecule has 0 aliphatic carbocycles. The lowest BCUT2D eigenvalue weighted by Gasteiger charge is -2.21. The largest absolute Gasteiger partial charge is 0.322 e. The first-order chi connectivity index (χ1) is 12.5. The van der Waals surface area contributed by atoms with Crippen molar-refractivity contribution in [2.24, 2.45) is 0 Å². The number of benzene rings is 2. The SMILES string of the molecule is CC(=O)c1ccc(NC(=O)c2cc(S(=O)(=O)N(C)C(C)C)ccc2Cl)cc1. The van der Waals surface area contributed by atoms with Crippen LogP contribution >= 0.6 is 11.6 Å². The molecule has 144 valence electrons. The van der Waals surface area contributed by atoms with Crippen LogP contribution in [0, 0.1) is 0 Å². The number of nitrogens with zero attached hydrogens (tertiary/aromatic N) is 1. The first-order valence-corrected chi connectivity index (χ1v) is 10.1. The number of hydrogen-bond acceptors (Lipinski definition) is 4. The van der Waals surface area contributed by atoms with Crippen molar-refractivity contribution < 1.29 is 18.0 Å². The first-order valence-electron chi connectivity index (χ1n) is 8.24. The fourth-order valence-corrected chi connectivity index (χ4v) is 3.87. The van der Waals surface area contributed by atoms with Gasteiger partial charge in [0.1, 0.15) is 0 Å². The fourth-order valence-electron chi connectivity index (χ4n) is 2.27. The van der Waals surface area contributed by atoms with Crippen LogP contribution in [-0.2, 0) is 10.0 Å². The van der Waals surface area contributed by atoms with Crippen molar-refractivity contribution in [3.05, 3.63) is 58.6 Å². The highest BCUT2D eigenvalue weighted by Gasteiger charge is 2.25. The average Bonchev–Trinajstić information content (AvgIpc) is 2.61. The number of halogens is 1. The molecule has 2 rings (SSSR count). The van der Waals surface area contributed by atoms with Crippen LogP contribution in [0.25, 0.3) is 0 Å². The molecule has 0 saturated heterocycles. The van der Waals surface area contributed by atoms with Gasteiger partial charge in [0, 0.05) is 24.3 Å². The average molecular weight is 409 g/mol. The number of hydrogen-bond donors (Lipinski definition) is 1. The Bertz CT molecular complexity index is 970. The van der Waals surface area contributed by atoms with Gasteiger partial charge >= 0.3 is 0 Å². The molecule has 1 N–H and O–H groups in total. The molecule has 0 aliphatic rings. The second kappa shape index (κ2) is 8.21. The maximum atomic E-state index is 12.6. The van der Waals surface area contributed by atoms with E-state index in [9.17, 15) is 18.0 Å². The standard InChI is InChI=1S/C19H21ClN2O4S/c1-12(2)22(4)27(25,26)16-9-10-18(20)17(11-16)19(24)21-15-7-5-14(6-8-15)13(3)23/h5-12H,1-4H3,(H,21,24). The van der Waals surface area contributed by atoms with Crippen LogP contribution in [0.1, 0.15) is 41.5 Å². The van der Waals surface area contributed by atoms with Crippen LogP contribution < -0.4 is 5.32 Å². The van der Waals surface area contributed by atoms with Crippen molar-refractivity contribution in [1.82, 2.24) is 4.31 Å². The van der Waals surface area contributed by atoms with E-state index in [2.05, 4.69) is 5.32 Å². The smallest absolute Gasteiger partial charge is 0.257 e. The van der Waals surface area contributed by atoms with E-state index in [0.717, 1.165) is 0 Å². The van der Waals surface area contributed by atoms with Crippen LogP contribution in [0.4, 0.5) is 5.69 Å². The van der Waals surface area contributed by atoms with Crippen LogP contribution in [0.2, 0.25) is 5.02 Å². The summed E-state index contributed by atoms with van der Waals surface area (Å²) in [7, 11) is -2.26. The summed E-state index contributed by atoms with van der Waals surface area (Å²) >= 11 is 6.10. The van der Waals surface area contributed by atoms with E-state index in [1.54, 1.807) is 38.1 Å². The number of anilines is 1.